The number of benzene rings is 2. The fraction of sp³-hybridized carbons (Fsp3) is 0.355. The molecule has 1 saturated carbocycles. The highest BCUT2D eigenvalue weighted by Crippen LogP contribution is 2.35. The number of carbonyl (C=O) groups is 3. The number of nitrogens with one attached hydrogen (secondary N) is 2. The van der Waals surface area contributed by atoms with E-state index in [1.807, 2.05) is 30.3 Å². The molecule has 0 spiro atoms. The van der Waals surface area contributed by atoms with Gasteiger partial charge in [-0.3, -0.25) is 4.79 Å². The number of carbonyl (C=O) groups excluding carboxylic acids is 3. The Bertz CT molecular complexity index is 1520. The molecule has 2 atom stereocenters. The van der Waals surface area contributed by atoms with Crippen molar-refractivity contribution in [3.63, 3.8) is 0 Å². The van der Waals surface area contributed by atoms with E-state index >= 15 is 0 Å². The van der Waals surface area contributed by atoms with Gasteiger partial charge < -0.3 is 20.3 Å². The lowest BCUT2D eigenvalue weighted by molar-refractivity contribution is -0.118. The van der Waals surface area contributed by atoms with E-state index in [0.717, 1.165) is 12.0 Å². The number of ether oxygens (including phenoxy) is 1. The monoisotopic (exact) mass is 590 g/mol. The second-order valence-electron chi connectivity index (χ2n) is 10.7. The molecular formula is C31H34N4O6S. The largest absolute Gasteiger partial charge is 0.457 e. The molecule has 2 aliphatic rings. The Morgan fingerprint density at radius 3 is 2.38 bits per heavy atom. The van der Waals surface area contributed by atoms with Crippen molar-refractivity contribution in [1.82, 2.24) is 15.2 Å². The van der Waals surface area contributed by atoms with Crippen molar-refractivity contribution in [3.8, 4) is 0 Å². The first-order chi connectivity index (χ1) is 20.2. The van der Waals surface area contributed by atoms with Gasteiger partial charge in [-0.05, 0) is 67.0 Å². The Morgan fingerprint density at radius 1 is 1.00 bits per heavy atom. The molecule has 1 aliphatic heterocycles. The van der Waals surface area contributed by atoms with E-state index in [9.17, 15) is 22.8 Å². The standard InChI is InChI=1S/C31H34N4O6S/c1-32-31(38)35-16-15-22(19-35)17-27(23-7-10-25(11-8-23)42(39,40)26-12-13-26)29(36)34-28-14-9-24(18-33-28)30(37)41-20-21-5-3-2-4-6-21/h2-11,14,18,22,26-27H,12-13,15-17,19-20H2,1H3,(H,32,38)(H,33,34,36)/t22-,27-/m1/s1. The van der Waals surface area contributed by atoms with Crippen molar-refractivity contribution in [2.75, 3.05) is 25.5 Å². The van der Waals surface area contributed by atoms with Gasteiger partial charge in [-0.25, -0.2) is 23.0 Å². The summed E-state index contributed by atoms with van der Waals surface area (Å²) in [7, 11) is -1.76. The first kappa shape index (κ1) is 29.2. The van der Waals surface area contributed by atoms with E-state index in [1.165, 1.54) is 6.20 Å². The van der Waals surface area contributed by atoms with Crippen molar-refractivity contribution in [3.05, 3.63) is 89.6 Å². The topological polar surface area (TPSA) is 135 Å². The van der Waals surface area contributed by atoms with Crippen molar-refractivity contribution < 1.29 is 27.5 Å². The molecule has 42 heavy (non-hydrogen) atoms. The third-order valence-corrected chi connectivity index (χ3v) is 9.99. The van der Waals surface area contributed by atoms with Gasteiger partial charge in [0.1, 0.15) is 12.4 Å². The molecule has 0 bridgehead atoms. The zero-order chi connectivity index (χ0) is 29.7. The first-order valence-corrected chi connectivity index (χ1v) is 15.6. The maximum atomic E-state index is 13.6. The van der Waals surface area contributed by atoms with E-state index in [0.29, 0.717) is 37.9 Å². The Labute approximate surface area is 245 Å². The van der Waals surface area contributed by atoms with Crippen LogP contribution in [-0.2, 0) is 26.0 Å². The lowest BCUT2D eigenvalue weighted by Crippen LogP contribution is -2.36. The summed E-state index contributed by atoms with van der Waals surface area (Å²) in [4.78, 5) is 44.4. The zero-order valence-corrected chi connectivity index (χ0v) is 24.2. The normalized spacial score (nSPS) is 17.4. The summed E-state index contributed by atoms with van der Waals surface area (Å²) >= 11 is 0. The molecule has 5 rings (SSSR count). The molecule has 10 nitrogen and oxygen atoms in total. The fourth-order valence-corrected chi connectivity index (χ4v) is 6.82. The average molecular weight is 591 g/mol. The molecule has 1 saturated heterocycles. The summed E-state index contributed by atoms with van der Waals surface area (Å²) in [5, 5.41) is 5.17. The summed E-state index contributed by atoms with van der Waals surface area (Å²) in [6, 6.07) is 18.8. The molecule has 2 N–H and O–H groups in total. The molecule has 3 amide bonds. The van der Waals surface area contributed by atoms with Crippen molar-refractivity contribution in [2.24, 2.45) is 5.92 Å². The Kier molecular flexibility index (Phi) is 8.86. The second kappa shape index (κ2) is 12.7. The number of hydrogen-bond acceptors (Lipinski definition) is 7. The number of hydrogen-bond donors (Lipinski definition) is 2. The van der Waals surface area contributed by atoms with Crippen LogP contribution >= 0.6 is 0 Å². The second-order valence-corrected chi connectivity index (χ2v) is 13.0. The van der Waals surface area contributed by atoms with Gasteiger partial charge in [-0.2, -0.15) is 0 Å². The molecule has 0 radical (unpaired) electrons. The maximum Gasteiger partial charge on any atom is 0.340 e. The molecular weight excluding hydrogens is 556 g/mol. The summed E-state index contributed by atoms with van der Waals surface area (Å²) in [5.74, 6) is -1.07. The number of amides is 3. The minimum atomic E-state index is -3.35. The third-order valence-electron chi connectivity index (χ3n) is 7.71. The lowest BCUT2D eigenvalue weighted by Gasteiger charge is -2.21. The summed E-state index contributed by atoms with van der Waals surface area (Å²) in [6.45, 7) is 1.26. The van der Waals surface area contributed by atoms with Crippen LogP contribution in [0.2, 0.25) is 0 Å². The molecule has 0 unspecified atom stereocenters. The summed E-state index contributed by atoms with van der Waals surface area (Å²) in [6.07, 6.45) is 3.93. The third kappa shape index (κ3) is 6.96. The van der Waals surface area contributed by atoms with Crippen LogP contribution in [0.1, 0.15) is 53.1 Å². The van der Waals surface area contributed by atoms with E-state index < -0.39 is 21.7 Å². The predicted molar refractivity (Wildman–Crippen MR) is 157 cm³/mol. The molecule has 220 valence electrons. The van der Waals surface area contributed by atoms with Crippen LogP contribution in [0, 0.1) is 5.92 Å². The van der Waals surface area contributed by atoms with Crippen molar-refractivity contribution >= 4 is 33.6 Å². The number of nitrogens with zero attached hydrogens (tertiary/aromatic N) is 2. The minimum Gasteiger partial charge on any atom is -0.457 e. The Hall–Kier alpha value is -4.25. The molecule has 2 aromatic carbocycles. The number of aromatic nitrogens is 1. The van der Waals surface area contributed by atoms with Gasteiger partial charge in [0, 0.05) is 26.3 Å². The number of likely N-dealkylation sites (tertiary alicyclic amines) is 1. The molecule has 2 fully saturated rings. The van der Waals surface area contributed by atoms with Crippen LogP contribution in [-0.4, -0.2) is 61.6 Å². The fourth-order valence-electron chi connectivity index (χ4n) is 5.16. The van der Waals surface area contributed by atoms with Crippen LogP contribution in [0.4, 0.5) is 10.6 Å². The molecule has 11 heteroatoms. The van der Waals surface area contributed by atoms with Gasteiger partial charge in [-0.15, -0.1) is 0 Å². The number of pyridine rings is 1. The SMILES string of the molecule is CNC(=O)N1CC[C@H](C[C@@H](C(=O)Nc2ccc(C(=O)OCc3ccccc3)cn2)c2ccc(S(=O)(=O)C3CC3)cc2)C1. The Morgan fingerprint density at radius 2 is 1.74 bits per heavy atom. The van der Waals surface area contributed by atoms with Crippen LogP contribution in [0.5, 0.6) is 0 Å². The number of esters is 1. The van der Waals surface area contributed by atoms with Gasteiger partial charge in [0.05, 0.1) is 21.6 Å². The van der Waals surface area contributed by atoms with Gasteiger partial charge in [0.15, 0.2) is 9.84 Å². The van der Waals surface area contributed by atoms with E-state index in [4.69, 9.17) is 4.74 Å². The van der Waals surface area contributed by atoms with Crippen LogP contribution in [0.3, 0.4) is 0 Å². The molecule has 1 aliphatic carbocycles. The van der Waals surface area contributed by atoms with Crippen molar-refractivity contribution in [1.29, 1.82) is 0 Å². The van der Waals surface area contributed by atoms with Gasteiger partial charge in [-0.1, -0.05) is 42.5 Å². The minimum absolute atomic E-state index is 0.0858. The van der Waals surface area contributed by atoms with Gasteiger partial charge in [0.2, 0.25) is 5.91 Å². The number of anilines is 1. The van der Waals surface area contributed by atoms with Crippen LogP contribution in [0.15, 0.2) is 77.8 Å². The molecule has 2 heterocycles. The summed E-state index contributed by atoms with van der Waals surface area (Å²) in [5.41, 5.74) is 1.81. The highest BCUT2D eigenvalue weighted by Gasteiger charge is 2.37. The maximum absolute atomic E-state index is 13.6. The highest BCUT2D eigenvalue weighted by molar-refractivity contribution is 7.92. The zero-order valence-electron chi connectivity index (χ0n) is 23.4. The van der Waals surface area contributed by atoms with E-state index in [-0.39, 0.29) is 46.0 Å². The van der Waals surface area contributed by atoms with Gasteiger partial charge in [0.25, 0.3) is 0 Å². The lowest BCUT2D eigenvalue weighted by atomic mass is 9.87. The van der Waals surface area contributed by atoms with Gasteiger partial charge >= 0.3 is 12.0 Å². The van der Waals surface area contributed by atoms with Crippen LogP contribution < -0.4 is 10.6 Å². The van der Waals surface area contributed by atoms with E-state index in [2.05, 4.69) is 15.6 Å². The smallest absolute Gasteiger partial charge is 0.340 e. The molecule has 1 aromatic heterocycles. The van der Waals surface area contributed by atoms with Crippen molar-refractivity contribution in [2.45, 2.75) is 48.4 Å². The van der Waals surface area contributed by atoms with E-state index in [1.54, 1.807) is 48.3 Å². The number of rotatable bonds is 10. The quantitative estimate of drug-likeness (QED) is 0.339. The first-order valence-electron chi connectivity index (χ1n) is 14.0. The highest BCUT2D eigenvalue weighted by atomic mass is 32.2. The predicted octanol–water partition coefficient (Wildman–Crippen LogP) is 4.15. The number of urea groups is 1. The Balaban J connectivity index is 1.28. The number of sulfone groups is 1. The van der Waals surface area contributed by atoms with Crippen LogP contribution in [0.25, 0.3) is 0 Å². The summed E-state index contributed by atoms with van der Waals surface area (Å²) < 4.78 is 30.7. The average Bonchev–Trinajstić information content (AvgIpc) is 3.78. The molecule has 3 aromatic rings.